The molecule has 126 valence electrons. The van der Waals surface area contributed by atoms with Gasteiger partial charge in [-0.2, -0.15) is 0 Å². The Bertz CT molecular complexity index is 753. The van der Waals surface area contributed by atoms with Crippen molar-refractivity contribution in [3.63, 3.8) is 0 Å². The van der Waals surface area contributed by atoms with Crippen LogP contribution in [0.2, 0.25) is 0 Å². The fourth-order valence-electron chi connectivity index (χ4n) is 2.27. The van der Waals surface area contributed by atoms with Crippen LogP contribution in [0.3, 0.4) is 0 Å². The highest BCUT2D eigenvalue weighted by atomic mass is 19.1. The topological polar surface area (TPSA) is 66.4 Å². The van der Waals surface area contributed by atoms with Crippen LogP contribution in [0.15, 0.2) is 48.5 Å². The number of carboxylic acids is 1. The molecule has 0 aliphatic rings. The first-order valence-corrected chi connectivity index (χ1v) is 7.62. The Morgan fingerprint density at radius 1 is 1.12 bits per heavy atom. The SMILES string of the molecule is CC(C(=O)Nc1ccc(C(C)(C)C(=O)O)cc1)c1cccc(F)c1. The van der Waals surface area contributed by atoms with Crippen molar-refractivity contribution in [3.8, 4) is 0 Å². The molecule has 0 fully saturated rings. The number of hydrogen-bond acceptors (Lipinski definition) is 2. The van der Waals surface area contributed by atoms with Gasteiger partial charge >= 0.3 is 5.97 Å². The van der Waals surface area contributed by atoms with Gasteiger partial charge in [0.05, 0.1) is 11.3 Å². The number of hydrogen-bond donors (Lipinski definition) is 2. The van der Waals surface area contributed by atoms with Crippen molar-refractivity contribution in [1.29, 1.82) is 0 Å². The first-order valence-electron chi connectivity index (χ1n) is 7.62. The minimum absolute atomic E-state index is 0.258. The van der Waals surface area contributed by atoms with Gasteiger partial charge in [0, 0.05) is 5.69 Å². The Hall–Kier alpha value is -2.69. The lowest BCUT2D eigenvalue weighted by Crippen LogP contribution is -2.28. The van der Waals surface area contributed by atoms with Gasteiger partial charge < -0.3 is 10.4 Å². The van der Waals surface area contributed by atoms with Gasteiger partial charge in [-0.1, -0.05) is 24.3 Å². The molecule has 0 aromatic heterocycles. The highest BCUT2D eigenvalue weighted by Crippen LogP contribution is 2.25. The second-order valence-corrected chi connectivity index (χ2v) is 6.27. The number of carbonyl (C=O) groups excluding carboxylic acids is 1. The summed E-state index contributed by atoms with van der Waals surface area (Å²) in [6, 6.07) is 12.6. The van der Waals surface area contributed by atoms with Crippen molar-refractivity contribution in [1.82, 2.24) is 0 Å². The fraction of sp³-hybridized carbons (Fsp3) is 0.263. The molecular formula is C19H20FNO3. The molecule has 4 nitrogen and oxygen atoms in total. The molecule has 0 radical (unpaired) electrons. The number of aliphatic carboxylic acids is 1. The Morgan fingerprint density at radius 3 is 2.29 bits per heavy atom. The summed E-state index contributed by atoms with van der Waals surface area (Å²) < 4.78 is 13.3. The summed E-state index contributed by atoms with van der Waals surface area (Å²) in [5, 5.41) is 12.0. The molecular weight excluding hydrogens is 309 g/mol. The zero-order valence-electron chi connectivity index (χ0n) is 13.8. The quantitative estimate of drug-likeness (QED) is 0.873. The van der Waals surface area contributed by atoms with Gasteiger partial charge in [-0.25, -0.2) is 4.39 Å². The summed E-state index contributed by atoms with van der Waals surface area (Å²) in [5.41, 5.74) is 0.799. The molecule has 1 unspecified atom stereocenters. The number of nitrogens with one attached hydrogen (secondary N) is 1. The highest BCUT2D eigenvalue weighted by molar-refractivity contribution is 5.95. The summed E-state index contributed by atoms with van der Waals surface area (Å²) in [7, 11) is 0. The van der Waals surface area contributed by atoms with E-state index in [2.05, 4.69) is 5.32 Å². The molecule has 5 heteroatoms. The zero-order chi connectivity index (χ0) is 17.9. The van der Waals surface area contributed by atoms with Crippen molar-refractivity contribution in [2.24, 2.45) is 0 Å². The van der Waals surface area contributed by atoms with Gasteiger partial charge in [0.1, 0.15) is 5.82 Å². The van der Waals surface area contributed by atoms with E-state index in [0.29, 0.717) is 16.8 Å². The number of carboxylic acid groups (broad SMARTS) is 1. The van der Waals surface area contributed by atoms with E-state index < -0.39 is 17.3 Å². The standard InChI is InChI=1S/C19H20FNO3/c1-12(13-5-4-6-15(20)11-13)17(22)21-16-9-7-14(8-10-16)19(2,3)18(23)24/h4-12H,1-3H3,(H,21,22)(H,23,24). The van der Waals surface area contributed by atoms with E-state index in [0.717, 1.165) is 0 Å². The summed E-state index contributed by atoms with van der Waals surface area (Å²) in [4.78, 5) is 23.5. The molecule has 24 heavy (non-hydrogen) atoms. The first kappa shape index (κ1) is 17.7. The summed E-state index contributed by atoms with van der Waals surface area (Å²) in [5.74, 6) is -2.06. The normalized spacial score (nSPS) is 12.5. The third-order valence-corrected chi connectivity index (χ3v) is 4.15. The predicted octanol–water partition coefficient (Wildman–Crippen LogP) is 3.93. The monoisotopic (exact) mass is 329 g/mol. The number of carbonyl (C=O) groups is 2. The van der Waals surface area contributed by atoms with E-state index in [9.17, 15) is 19.1 Å². The van der Waals surface area contributed by atoms with Crippen LogP contribution in [-0.2, 0) is 15.0 Å². The van der Waals surface area contributed by atoms with E-state index in [-0.39, 0.29) is 11.7 Å². The second-order valence-electron chi connectivity index (χ2n) is 6.27. The Labute approximate surface area is 140 Å². The van der Waals surface area contributed by atoms with Crippen LogP contribution in [0, 0.1) is 5.82 Å². The molecule has 2 N–H and O–H groups in total. The molecule has 1 atom stereocenters. The molecule has 0 aliphatic heterocycles. The van der Waals surface area contributed by atoms with Crippen molar-refractivity contribution >= 4 is 17.6 Å². The van der Waals surface area contributed by atoms with Gasteiger partial charge in [-0.15, -0.1) is 0 Å². The van der Waals surface area contributed by atoms with Crippen molar-refractivity contribution in [2.75, 3.05) is 5.32 Å². The number of rotatable bonds is 5. The fourth-order valence-corrected chi connectivity index (χ4v) is 2.27. The summed E-state index contributed by atoms with van der Waals surface area (Å²) >= 11 is 0. The molecule has 2 aromatic rings. The van der Waals surface area contributed by atoms with E-state index in [1.54, 1.807) is 57.2 Å². The molecule has 2 rings (SSSR count). The smallest absolute Gasteiger partial charge is 0.313 e. The molecule has 0 saturated carbocycles. The molecule has 2 aromatic carbocycles. The van der Waals surface area contributed by atoms with Crippen LogP contribution in [0.5, 0.6) is 0 Å². The average Bonchev–Trinajstić information content (AvgIpc) is 2.54. The maximum absolute atomic E-state index is 13.3. The third-order valence-electron chi connectivity index (χ3n) is 4.15. The molecule has 1 amide bonds. The van der Waals surface area contributed by atoms with E-state index in [1.165, 1.54) is 12.1 Å². The molecule has 0 aliphatic carbocycles. The highest BCUT2D eigenvalue weighted by Gasteiger charge is 2.29. The first-order chi connectivity index (χ1) is 11.2. The maximum atomic E-state index is 13.3. The van der Waals surface area contributed by atoms with Crippen molar-refractivity contribution in [2.45, 2.75) is 32.1 Å². The minimum Gasteiger partial charge on any atom is -0.481 e. The van der Waals surface area contributed by atoms with Gasteiger partial charge in [0.25, 0.3) is 0 Å². The van der Waals surface area contributed by atoms with Crippen LogP contribution in [0.1, 0.15) is 37.8 Å². The van der Waals surface area contributed by atoms with Crippen LogP contribution in [0.25, 0.3) is 0 Å². The van der Waals surface area contributed by atoms with Crippen molar-refractivity contribution < 1.29 is 19.1 Å². The van der Waals surface area contributed by atoms with Gasteiger partial charge in [-0.3, -0.25) is 9.59 Å². The predicted molar refractivity (Wildman–Crippen MR) is 90.5 cm³/mol. The van der Waals surface area contributed by atoms with Gasteiger partial charge in [0.2, 0.25) is 5.91 Å². The second kappa shape index (κ2) is 6.83. The maximum Gasteiger partial charge on any atom is 0.313 e. The van der Waals surface area contributed by atoms with Gasteiger partial charge in [0.15, 0.2) is 0 Å². The lowest BCUT2D eigenvalue weighted by Gasteiger charge is -2.20. The molecule has 0 heterocycles. The summed E-state index contributed by atoms with van der Waals surface area (Å²) in [6.45, 7) is 4.94. The average molecular weight is 329 g/mol. The van der Waals surface area contributed by atoms with Crippen LogP contribution in [0.4, 0.5) is 10.1 Å². The van der Waals surface area contributed by atoms with E-state index in [1.807, 2.05) is 0 Å². The zero-order valence-corrected chi connectivity index (χ0v) is 13.8. The molecule has 0 spiro atoms. The van der Waals surface area contributed by atoms with Gasteiger partial charge in [-0.05, 0) is 56.2 Å². The largest absolute Gasteiger partial charge is 0.481 e. The van der Waals surface area contributed by atoms with Crippen LogP contribution < -0.4 is 5.32 Å². The Balaban J connectivity index is 2.11. The minimum atomic E-state index is -1.00. The number of benzene rings is 2. The van der Waals surface area contributed by atoms with Crippen molar-refractivity contribution in [3.05, 3.63) is 65.5 Å². The Kier molecular flexibility index (Phi) is 5.02. The number of anilines is 1. The Morgan fingerprint density at radius 2 is 1.75 bits per heavy atom. The number of amides is 1. The van der Waals surface area contributed by atoms with E-state index in [4.69, 9.17) is 0 Å². The van der Waals surface area contributed by atoms with E-state index >= 15 is 0 Å². The van der Waals surface area contributed by atoms with Crippen LogP contribution >= 0.6 is 0 Å². The summed E-state index contributed by atoms with van der Waals surface area (Å²) in [6.07, 6.45) is 0. The third kappa shape index (κ3) is 3.79. The van der Waals surface area contributed by atoms with Crippen LogP contribution in [-0.4, -0.2) is 17.0 Å². The number of halogens is 1. The lowest BCUT2D eigenvalue weighted by molar-refractivity contribution is -0.142. The lowest BCUT2D eigenvalue weighted by atomic mass is 9.85. The molecule has 0 saturated heterocycles. The molecule has 0 bridgehead atoms.